The monoisotopic (exact) mass is 263 g/mol. The summed E-state index contributed by atoms with van der Waals surface area (Å²) in [5, 5.41) is 9.18. The number of hydrogen-bond donors (Lipinski definition) is 1. The lowest BCUT2D eigenvalue weighted by Crippen LogP contribution is -2.34. The van der Waals surface area contributed by atoms with Crippen molar-refractivity contribution in [3.8, 4) is 0 Å². The van der Waals surface area contributed by atoms with Crippen LogP contribution in [-0.4, -0.2) is 36.1 Å². The highest BCUT2D eigenvalue weighted by atomic mass is 16.4. The number of carbonyl (C=O) groups is 1. The summed E-state index contributed by atoms with van der Waals surface area (Å²) in [5.41, 5.74) is 2.57. The van der Waals surface area contributed by atoms with Crippen molar-refractivity contribution in [2.45, 2.75) is 27.2 Å². The van der Waals surface area contributed by atoms with E-state index in [-0.39, 0.29) is 11.8 Å². The average Bonchev–Trinajstić information content (AvgIpc) is 2.34. The molecular weight excluding hydrogens is 238 g/mol. The first-order valence-corrected chi connectivity index (χ1v) is 6.87. The minimum Gasteiger partial charge on any atom is -0.481 e. The third-order valence-electron chi connectivity index (χ3n) is 3.53. The third kappa shape index (κ3) is 5.43. The normalized spacial score (nSPS) is 12.9. The van der Waals surface area contributed by atoms with Crippen LogP contribution in [0.5, 0.6) is 0 Å². The van der Waals surface area contributed by atoms with Crippen LogP contribution in [0.15, 0.2) is 24.3 Å². The third-order valence-corrected chi connectivity index (χ3v) is 3.53. The van der Waals surface area contributed by atoms with E-state index in [4.69, 9.17) is 0 Å². The van der Waals surface area contributed by atoms with Gasteiger partial charge in [-0.2, -0.15) is 0 Å². The number of likely N-dealkylation sites (N-methyl/N-ethyl adjacent to an activating group) is 1. The fraction of sp³-hybridized carbons (Fsp3) is 0.562. The van der Waals surface area contributed by atoms with Gasteiger partial charge >= 0.3 is 5.97 Å². The van der Waals surface area contributed by atoms with Crippen LogP contribution in [-0.2, 0) is 11.2 Å². The molecule has 0 saturated heterocycles. The highest BCUT2D eigenvalue weighted by Crippen LogP contribution is 2.13. The molecule has 1 atom stereocenters. The van der Waals surface area contributed by atoms with E-state index >= 15 is 0 Å². The summed E-state index contributed by atoms with van der Waals surface area (Å²) in [7, 11) is 1.99. The summed E-state index contributed by atoms with van der Waals surface area (Å²) in [5.74, 6) is -0.820. The van der Waals surface area contributed by atoms with Crippen molar-refractivity contribution in [3.63, 3.8) is 0 Å². The van der Waals surface area contributed by atoms with Crippen molar-refractivity contribution in [1.29, 1.82) is 0 Å². The fourth-order valence-electron chi connectivity index (χ4n) is 2.08. The van der Waals surface area contributed by atoms with Gasteiger partial charge in [0.05, 0.1) is 5.92 Å². The molecule has 0 aliphatic rings. The summed E-state index contributed by atoms with van der Waals surface area (Å²) >= 11 is 0. The fourth-order valence-corrected chi connectivity index (χ4v) is 2.08. The second kappa shape index (κ2) is 7.29. The van der Waals surface area contributed by atoms with E-state index in [1.165, 1.54) is 11.1 Å². The van der Waals surface area contributed by atoms with Gasteiger partial charge in [-0.1, -0.05) is 43.7 Å². The van der Waals surface area contributed by atoms with E-state index in [1.54, 1.807) is 0 Å². The summed E-state index contributed by atoms with van der Waals surface area (Å²) in [6, 6.07) is 8.51. The van der Waals surface area contributed by atoms with Crippen LogP contribution in [0.1, 0.15) is 25.0 Å². The second-order valence-electron chi connectivity index (χ2n) is 5.69. The van der Waals surface area contributed by atoms with Gasteiger partial charge in [-0.25, -0.2) is 0 Å². The van der Waals surface area contributed by atoms with Crippen LogP contribution in [0.25, 0.3) is 0 Å². The number of aliphatic carboxylic acids is 1. The van der Waals surface area contributed by atoms with Crippen LogP contribution >= 0.6 is 0 Å². The molecule has 0 amide bonds. The maximum Gasteiger partial charge on any atom is 0.308 e. The van der Waals surface area contributed by atoms with Crippen LogP contribution in [0.2, 0.25) is 0 Å². The lowest BCUT2D eigenvalue weighted by atomic mass is 9.95. The molecular formula is C16H25NO2. The van der Waals surface area contributed by atoms with Gasteiger partial charge in [0.2, 0.25) is 0 Å². The number of benzene rings is 1. The summed E-state index contributed by atoms with van der Waals surface area (Å²) in [6.07, 6.45) is 0.960. The quantitative estimate of drug-likeness (QED) is 0.822. The number of aryl methyl sites for hydroxylation is 1. The van der Waals surface area contributed by atoms with Gasteiger partial charge in [0.1, 0.15) is 0 Å². The molecule has 0 aromatic heterocycles. The molecule has 0 fully saturated rings. The lowest BCUT2D eigenvalue weighted by Gasteiger charge is -2.23. The maximum atomic E-state index is 11.2. The largest absolute Gasteiger partial charge is 0.481 e. The highest BCUT2D eigenvalue weighted by Gasteiger charge is 2.22. The summed E-state index contributed by atoms with van der Waals surface area (Å²) in [6.45, 7) is 7.51. The van der Waals surface area contributed by atoms with E-state index in [9.17, 15) is 9.90 Å². The molecule has 0 spiro atoms. The summed E-state index contributed by atoms with van der Waals surface area (Å²) < 4.78 is 0. The molecule has 0 radical (unpaired) electrons. The SMILES string of the molecule is Cc1ccc(CCN(C)CC(C(=O)O)C(C)C)cc1. The van der Waals surface area contributed by atoms with Gasteiger partial charge in [0.25, 0.3) is 0 Å². The predicted molar refractivity (Wildman–Crippen MR) is 78.3 cm³/mol. The van der Waals surface area contributed by atoms with E-state index in [2.05, 4.69) is 36.1 Å². The number of carboxylic acids is 1. The minimum atomic E-state index is -0.697. The van der Waals surface area contributed by atoms with E-state index < -0.39 is 5.97 Å². The van der Waals surface area contributed by atoms with Crippen molar-refractivity contribution in [2.24, 2.45) is 11.8 Å². The number of hydrogen-bond acceptors (Lipinski definition) is 2. The Morgan fingerprint density at radius 1 is 1.26 bits per heavy atom. The smallest absolute Gasteiger partial charge is 0.308 e. The molecule has 0 aliphatic carbocycles. The predicted octanol–water partition coefficient (Wildman–Crippen LogP) is 2.83. The molecule has 3 nitrogen and oxygen atoms in total. The molecule has 1 aromatic carbocycles. The minimum absolute atomic E-state index is 0.166. The highest BCUT2D eigenvalue weighted by molar-refractivity contribution is 5.70. The topological polar surface area (TPSA) is 40.5 Å². The molecule has 0 heterocycles. The summed E-state index contributed by atoms with van der Waals surface area (Å²) in [4.78, 5) is 13.3. The average molecular weight is 263 g/mol. The number of carboxylic acid groups (broad SMARTS) is 1. The van der Waals surface area contributed by atoms with Gasteiger partial charge in [-0.05, 0) is 31.9 Å². The van der Waals surface area contributed by atoms with Crippen LogP contribution in [0, 0.1) is 18.8 Å². The standard InChI is InChI=1S/C16H25NO2/c1-12(2)15(16(18)19)11-17(4)10-9-14-7-5-13(3)6-8-14/h5-8,12,15H,9-11H2,1-4H3,(H,18,19). The molecule has 1 aromatic rings. The molecule has 106 valence electrons. The molecule has 1 rings (SSSR count). The zero-order valence-corrected chi connectivity index (χ0v) is 12.4. The van der Waals surface area contributed by atoms with E-state index in [0.717, 1.165) is 13.0 Å². The molecule has 1 N–H and O–H groups in total. The first-order valence-electron chi connectivity index (χ1n) is 6.87. The van der Waals surface area contributed by atoms with Crippen LogP contribution < -0.4 is 0 Å². The Kier molecular flexibility index (Phi) is 6.03. The van der Waals surface area contributed by atoms with Gasteiger partial charge in [-0.3, -0.25) is 4.79 Å². The van der Waals surface area contributed by atoms with Crippen LogP contribution in [0.4, 0.5) is 0 Å². The lowest BCUT2D eigenvalue weighted by molar-refractivity contribution is -0.143. The van der Waals surface area contributed by atoms with E-state index in [1.807, 2.05) is 20.9 Å². The Labute approximate surface area is 116 Å². The second-order valence-corrected chi connectivity index (χ2v) is 5.69. The van der Waals surface area contributed by atoms with Crippen molar-refractivity contribution in [1.82, 2.24) is 4.90 Å². The van der Waals surface area contributed by atoms with Crippen molar-refractivity contribution >= 4 is 5.97 Å². The molecule has 0 bridgehead atoms. The van der Waals surface area contributed by atoms with Crippen molar-refractivity contribution in [2.75, 3.05) is 20.1 Å². The van der Waals surface area contributed by atoms with Gasteiger partial charge < -0.3 is 10.0 Å². The molecule has 0 saturated carbocycles. The van der Waals surface area contributed by atoms with Crippen molar-refractivity contribution in [3.05, 3.63) is 35.4 Å². The number of rotatable bonds is 7. The number of nitrogens with zero attached hydrogens (tertiary/aromatic N) is 1. The first-order chi connectivity index (χ1) is 8.90. The Hall–Kier alpha value is -1.35. The Morgan fingerprint density at radius 2 is 1.84 bits per heavy atom. The zero-order chi connectivity index (χ0) is 14.4. The Bertz CT molecular complexity index is 398. The van der Waals surface area contributed by atoms with Crippen molar-refractivity contribution < 1.29 is 9.90 Å². The zero-order valence-electron chi connectivity index (χ0n) is 12.4. The molecule has 19 heavy (non-hydrogen) atoms. The molecule has 1 unspecified atom stereocenters. The maximum absolute atomic E-state index is 11.2. The first kappa shape index (κ1) is 15.7. The van der Waals surface area contributed by atoms with E-state index in [0.29, 0.717) is 6.54 Å². The molecule has 0 aliphatic heterocycles. The Balaban J connectivity index is 2.44. The van der Waals surface area contributed by atoms with Crippen LogP contribution in [0.3, 0.4) is 0 Å². The Morgan fingerprint density at radius 3 is 2.32 bits per heavy atom. The molecule has 3 heteroatoms. The van der Waals surface area contributed by atoms with Gasteiger partial charge in [0, 0.05) is 13.1 Å². The van der Waals surface area contributed by atoms with Gasteiger partial charge in [0.15, 0.2) is 0 Å². The van der Waals surface area contributed by atoms with Gasteiger partial charge in [-0.15, -0.1) is 0 Å².